The Balaban J connectivity index is 1.13. The van der Waals surface area contributed by atoms with E-state index in [4.69, 9.17) is 25.6 Å². The zero-order chi connectivity index (χ0) is 23.5. The lowest BCUT2D eigenvalue weighted by Crippen LogP contribution is -2.48. The quantitative estimate of drug-likeness (QED) is 0.327. The van der Waals surface area contributed by atoms with E-state index in [1.54, 1.807) is 11.3 Å². The van der Waals surface area contributed by atoms with Crippen LogP contribution in [0.1, 0.15) is 19.8 Å². The zero-order valence-corrected chi connectivity index (χ0v) is 20.5. The number of piperidine rings is 1. The zero-order valence-electron chi connectivity index (χ0n) is 18.9. The molecule has 34 heavy (non-hydrogen) atoms. The molecular formula is C26H27ClN2O4S. The number of hydrogen-bond acceptors (Lipinski definition) is 7. The fraction of sp³-hybridized carbons (Fsp3) is 0.346. The van der Waals surface area contributed by atoms with Gasteiger partial charge in [0.1, 0.15) is 40.2 Å². The van der Waals surface area contributed by atoms with E-state index >= 15 is 0 Å². The molecule has 0 saturated carbocycles. The molecule has 1 fully saturated rings. The summed E-state index contributed by atoms with van der Waals surface area (Å²) >= 11 is 7.65. The Labute approximate surface area is 207 Å². The van der Waals surface area contributed by atoms with Gasteiger partial charge in [0, 0.05) is 30.2 Å². The van der Waals surface area contributed by atoms with Gasteiger partial charge < -0.3 is 24.0 Å². The highest BCUT2D eigenvalue weighted by molar-refractivity contribution is 7.17. The molecule has 1 atom stereocenters. The summed E-state index contributed by atoms with van der Waals surface area (Å²) in [4.78, 5) is 2.26. The summed E-state index contributed by atoms with van der Waals surface area (Å²) in [5, 5.41) is 17.9. The summed E-state index contributed by atoms with van der Waals surface area (Å²) in [6.45, 7) is 4.27. The van der Waals surface area contributed by atoms with Crippen molar-refractivity contribution in [2.45, 2.75) is 31.5 Å². The number of aromatic nitrogens is 1. The first kappa shape index (κ1) is 23.2. The topological polar surface area (TPSA) is 68.0 Å². The second kappa shape index (κ2) is 9.96. The average molecular weight is 499 g/mol. The first-order valence-corrected chi connectivity index (χ1v) is 12.6. The van der Waals surface area contributed by atoms with Crippen molar-refractivity contribution >= 4 is 33.2 Å². The van der Waals surface area contributed by atoms with Crippen molar-refractivity contribution in [3.63, 3.8) is 0 Å². The number of aliphatic hydroxyl groups is 1. The van der Waals surface area contributed by atoms with Crippen LogP contribution < -0.4 is 9.47 Å². The van der Waals surface area contributed by atoms with Crippen molar-refractivity contribution in [2.24, 2.45) is 0 Å². The third-order valence-electron chi connectivity index (χ3n) is 5.93. The average Bonchev–Trinajstić information content (AvgIpc) is 3.43. The number of ether oxygens (including phenoxy) is 2. The maximum absolute atomic E-state index is 11.0. The standard InChI is InChI=1S/C26H27ClN2O4S/c1-26(30,16-29-11-8-20(9-12-29)32-22-7-3-5-19(27)15-22)17-31-21-6-2-4-18(14-21)24-25-23(33-28-24)10-13-34-25/h2-7,10,13-15,20,30H,8-9,11-12,16-17H2,1H3/t26-/m0/s1. The lowest BCUT2D eigenvalue weighted by molar-refractivity contribution is -0.0283. The van der Waals surface area contributed by atoms with Gasteiger partial charge >= 0.3 is 0 Å². The van der Waals surface area contributed by atoms with Gasteiger partial charge in [-0.3, -0.25) is 0 Å². The van der Waals surface area contributed by atoms with Crippen LogP contribution in [0.15, 0.2) is 64.5 Å². The minimum Gasteiger partial charge on any atom is -0.491 e. The van der Waals surface area contributed by atoms with Gasteiger partial charge in [-0.1, -0.05) is 35.0 Å². The number of halogens is 1. The van der Waals surface area contributed by atoms with E-state index in [0.717, 1.165) is 53.2 Å². The molecule has 6 nitrogen and oxygen atoms in total. The molecule has 2 aromatic heterocycles. The first-order chi connectivity index (χ1) is 16.4. The molecule has 5 rings (SSSR count). The van der Waals surface area contributed by atoms with Crippen LogP contribution >= 0.6 is 22.9 Å². The highest BCUT2D eigenvalue weighted by Gasteiger charge is 2.29. The Bertz CT molecular complexity index is 1250. The van der Waals surface area contributed by atoms with Gasteiger partial charge in [-0.15, -0.1) is 11.3 Å². The predicted octanol–water partition coefficient (Wildman–Crippen LogP) is 5.88. The molecule has 0 radical (unpaired) electrons. The number of β-amino-alcohol motifs (C(OH)–C–C–N with tert-alkyl or cyclic N) is 1. The molecule has 3 heterocycles. The lowest BCUT2D eigenvalue weighted by Gasteiger charge is -2.36. The third-order valence-corrected chi connectivity index (χ3v) is 7.07. The molecule has 1 saturated heterocycles. The van der Waals surface area contributed by atoms with E-state index in [2.05, 4.69) is 10.1 Å². The highest BCUT2D eigenvalue weighted by Crippen LogP contribution is 2.33. The van der Waals surface area contributed by atoms with Crippen molar-refractivity contribution in [2.75, 3.05) is 26.2 Å². The maximum atomic E-state index is 11.0. The van der Waals surface area contributed by atoms with Gasteiger partial charge in [0.25, 0.3) is 0 Å². The number of likely N-dealkylation sites (tertiary alicyclic amines) is 1. The maximum Gasteiger partial charge on any atom is 0.178 e. The van der Waals surface area contributed by atoms with Crippen molar-refractivity contribution in [3.8, 4) is 22.8 Å². The van der Waals surface area contributed by atoms with Crippen molar-refractivity contribution in [3.05, 3.63) is 65.0 Å². The van der Waals surface area contributed by atoms with Gasteiger partial charge in [-0.2, -0.15) is 0 Å². The lowest BCUT2D eigenvalue weighted by atomic mass is 10.0. The fourth-order valence-electron chi connectivity index (χ4n) is 4.28. The van der Waals surface area contributed by atoms with Crippen LogP contribution in [0.4, 0.5) is 0 Å². The summed E-state index contributed by atoms with van der Waals surface area (Å²) in [6, 6.07) is 17.2. The largest absolute Gasteiger partial charge is 0.491 e. The predicted molar refractivity (Wildman–Crippen MR) is 135 cm³/mol. The van der Waals surface area contributed by atoms with Gasteiger partial charge in [-0.25, -0.2) is 0 Å². The Morgan fingerprint density at radius 1 is 1.15 bits per heavy atom. The van der Waals surface area contributed by atoms with Gasteiger partial charge in [0.05, 0.1) is 0 Å². The number of nitrogens with zero attached hydrogens (tertiary/aromatic N) is 2. The Morgan fingerprint density at radius 3 is 2.76 bits per heavy atom. The third kappa shape index (κ3) is 5.55. The second-order valence-electron chi connectivity index (χ2n) is 9.01. The summed E-state index contributed by atoms with van der Waals surface area (Å²) in [5.74, 6) is 1.50. The molecular weight excluding hydrogens is 472 g/mol. The SMILES string of the molecule is C[C@@](O)(COc1cccc(-c2noc3ccsc23)c1)CN1CCC(Oc2cccc(Cl)c2)CC1. The minimum absolute atomic E-state index is 0.157. The monoisotopic (exact) mass is 498 g/mol. The summed E-state index contributed by atoms with van der Waals surface area (Å²) in [6.07, 6.45) is 1.96. The fourth-order valence-corrected chi connectivity index (χ4v) is 5.28. The van der Waals surface area contributed by atoms with Crippen LogP contribution in [-0.4, -0.2) is 53.1 Å². The van der Waals surface area contributed by atoms with Crippen molar-refractivity contribution in [1.82, 2.24) is 10.1 Å². The van der Waals surface area contributed by atoms with Crippen molar-refractivity contribution in [1.29, 1.82) is 0 Å². The molecule has 1 aliphatic rings. The molecule has 8 heteroatoms. The summed E-state index contributed by atoms with van der Waals surface area (Å²) in [7, 11) is 0. The highest BCUT2D eigenvalue weighted by atomic mass is 35.5. The molecule has 0 amide bonds. The van der Waals surface area contributed by atoms with Gasteiger partial charge in [-0.05, 0) is 61.5 Å². The molecule has 0 aliphatic carbocycles. The van der Waals surface area contributed by atoms with E-state index in [1.165, 1.54) is 0 Å². The van der Waals surface area contributed by atoms with Crippen LogP contribution in [0.5, 0.6) is 11.5 Å². The molecule has 1 N–H and O–H groups in total. The molecule has 2 aromatic carbocycles. The Hall–Kier alpha value is -2.58. The van der Waals surface area contributed by atoms with Crippen LogP contribution in [0, 0.1) is 0 Å². The second-order valence-corrected chi connectivity index (χ2v) is 10.4. The van der Waals surface area contributed by atoms with Crippen LogP contribution in [0.3, 0.4) is 0 Å². The van der Waals surface area contributed by atoms with E-state index in [1.807, 2.05) is 66.9 Å². The van der Waals surface area contributed by atoms with Crippen molar-refractivity contribution < 1.29 is 19.1 Å². The molecule has 1 aliphatic heterocycles. The van der Waals surface area contributed by atoms with E-state index in [9.17, 15) is 5.11 Å². The molecule has 0 spiro atoms. The van der Waals surface area contributed by atoms with Crippen LogP contribution in [-0.2, 0) is 0 Å². The summed E-state index contributed by atoms with van der Waals surface area (Å²) in [5.41, 5.74) is 1.55. The summed E-state index contributed by atoms with van der Waals surface area (Å²) < 4.78 is 18.5. The van der Waals surface area contributed by atoms with E-state index in [0.29, 0.717) is 17.3 Å². The normalized spacial score (nSPS) is 17.0. The first-order valence-electron chi connectivity index (χ1n) is 11.4. The van der Waals surface area contributed by atoms with E-state index in [-0.39, 0.29) is 12.7 Å². The Kier molecular flexibility index (Phi) is 6.79. The van der Waals surface area contributed by atoms with Crippen LogP contribution in [0.25, 0.3) is 21.5 Å². The molecule has 178 valence electrons. The molecule has 0 bridgehead atoms. The number of fused-ring (bicyclic) bond motifs is 1. The number of thiophene rings is 1. The van der Waals surface area contributed by atoms with Gasteiger partial charge in [0.15, 0.2) is 5.58 Å². The minimum atomic E-state index is -0.981. The Morgan fingerprint density at radius 2 is 1.94 bits per heavy atom. The number of hydrogen-bond donors (Lipinski definition) is 1. The molecule has 0 unspecified atom stereocenters. The van der Waals surface area contributed by atoms with Gasteiger partial charge in [0.2, 0.25) is 0 Å². The van der Waals surface area contributed by atoms with Crippen LogP contribution in [0.2, 0.25) is 5.02 Å². The van der Waals surface area contributed by atoms with E-state index < -0.39 is 5.60 Å². The number of rotatable bonds is 8. The smallest absolute Gasteiger partial charge is 0.178 e. The molecule has 4 aromatic rings. The number of benzene rings is 2.